The summed E-state index contributed by atoms with van der Waals surface area (Å²) in [5.74, 6) is -1.78. The highest BCUT2D eigenvalue weighted by Crippen LogP contribution is 2.41. The van der Waals surface area contributed by atoms with Crippen LogP contribution < -0.4 is 0 Å². The van der Waals surface area contributed by atoms with Gasteiger partial charge in [-0.15, -0.1) is 0 Å². The van der Waals surface area contributed by atoms with Crippen LogP contribution in [0.1, 0.15) is 68.2 Å². The van der Waals surface area contributed by atoms with Crippen molar-refractivity contribution >= 4 is 5.97 Å². The van der Waals surface area contributed by atoms with Crippen molar-refractivity contribution in [2.45, 2.75) is 104 Å². The third kappa shape index (κ3) is 7.18. The number of carbonyl (C=O) groups is 1. The van der Waals surface area contributed by atoms with Crippen molar-refractivity contribution in [3.8, 4) is 0 Å². The van der Waals surface area contributed by atoms with E-state index in [1.54, 1.807) is 27.9 Å². The molecule has 10 heteroatoms. The second-order valence-corrected chi connectivity index (χ2v) is 11.5. The maximum atomic E-state index is 12.6. The van der Waals surface area contributed by atoms with Crippen molar-refractivity contribution in [3.05, 3.63) is 21.4 Å². The molecule has 0 radical (unpaired) electrons. The molecule has 2 rings (SSSR count). The number of nitro groups is 1. The molecule has 10 nitrogen and oxygen atoms in total. The SMILES string of the molecule is CO[C@](C)(C[C@@H](C)C[N+](=O)[O-])[C@H](O[C@@H]1OC(C)CC(N(C)C)C1C)[C@H](C)C1=C(C)C(=O)OC(C)(C)O1. The lowest BCUT2D eigenvalue weighted by molar-refractivity contribution is -0.488. The Hall–Kier alpha value is -1.75. The summed E-state index contributed by atoms with van der Waals surface area (Å²) in [4.78, 5) is 25.7. The van der Waals surface area contributed by atoms with Crippen molar-refractivity contribution < 1.29 is 33.4 Å². The summed E-state index contributed by atoms with van der Waals surface area (Å²) in [6, 6.07) is 0.248. The highest BCUT2D eigenvalue weighted by molar-refractivity contribution is 5.89. The normalized spacial score (nSPS) is 30.7. The first-order valence-corrected chi connectivity index (χ1v) is 12.8. The molecule has 2 aliphatic rings. The van der Waals surface area contributed by atoms with Gasteiger partial charge in [0.2, 0.25) is 12.3 Å². The summed E-state index contributed by atoms with van der Waals surface area (Å²) < 4.78 is 30.6. The topological polar surface area (TPSA) is 110 Å². The zero-order valence-electron chi connectivity index (χ0n) is 23.8. The summed E-state index contributed by atoms with van der Waals surface area (Å²) in [6.45, 7) is 14.6. The van der Waals surface area contributed by atoms with Crippen LogP contribution in [0, 0.1) is 27.9 Å². The molecule has 36 heavy (non-hydrogen) atoms. The summed E-state index contributed by atoms with van der Waals surface area (Å²) in [6.07, 6.45) is 0.0519. The van der Waals surface area contributed by atoms with Crippen LogP contribution in [0.2, 0.25) is 0 Å². The molecule has 0 saturated carbocycles. The van der Waals surface area contributed by atoms with Crippen LogP contribution in [0.4, 0.5) is 0 Å². The molecule has 8 atom stereocenters. The zero-order valence-corrected chi connectivity index (χ0v) is 23.8. The Labute approximate surface area is 215 Å². The molecule has 2 heterocycles. The Morgan fingerprint density at radius 2 is 1.86 bits per heavy atom. The van der Waals surface area contributed by atoms with Gasteiger partial charge in [-0.1, -0.05) is 20.8 Å². The number of hydrogen-bond donors (Lipinski definition) is 0. The minimum Gasteiger partial charge on any atom is -0.456 e. The van der Waals surface area contributed by atoms with Gasteiger partial charge in [0, 0.05) is 49.7 Å². The average molecular weight is 515 g/mol. The van der Waals surface area contributed by atoms with Crippen molar-refractivity contribution in [3.63, 3.8) is 0 Å². The van der Waals surface area contributed by atoms with Gasteiger partial charge in [0.25, 0.3) is 0 Å². The highest BCUT2D eigenvalue weighted by Gasteiger charge is 2.49. The fourth-order valence-corrected chi connectivity index (χ4v) is 5.58. The predicted molar refractivity (Wildman–Crippen MR) is 135 cm³/mol. The third-order valence-electron chi connectivity index (χ3n) is 7.44. The van der Waals surface area contributed by atoms with E-state index in [9.17, 15) is 14.9 Å². The minimum absolute atomic E-state index is 0.0161. The number of rotatable bonds is 11. The van der Waals surface area contributed by atoms with Crippen molar-refractivity contribution in [1.29, 1.82) is 0 Å². The number of nitrogens with zero attached hydrogens (tertiary/aromatic N) is 2. The molecule has 0 aromatic rings. The molecule has 1 fully saturated rings. The first-order chi connectivity index (χ1) is 16.5. The van der Waals surface area contributed by atoms with E-state index in [1.165, 1.54) is 0 Å². The molecule has 0 aromatic heterocycles. The van der Waals surface area contributed by atoms with Crippen LogP contribution in [-0.4, -0.2) is 79.5 Å². The van der Waals surface area contributed by atoms with Crippen LogP contribution >= 0.6 is 0 Å². The smallest absolute Gasteiger partial charge is 0.340 e. The maximum absolute atomic E-state index is 12.6. The van der Waals surface area contributed by atoms with Crippen LogP contribution in [0.15, 0.2) is 11.3 Å². The zero-order chi connectivity index (χ0) is 27.6. The lowest BCUT2D eigenvalue weighted by atomic mass is 9.80. The van der Waals surface area contributed by atoms with E-state index >= 15 is 0 Å². The Morgan fingerprint density at radius 3 is 2.39 bits per heavy atom. The van der Waals surface area contributed by atoms with Crippen LogP contribution in [0.25, 0.3) is 0 Å². The minimum atomic E-state index is -1.13. The van der Waals surface area contributed by atoms with Crippen molar-refractivity contribution in [1.82, 2.24) is 4.90 Å². The van der Waals surface area contributed by atoms with Crippen molar-refractivity contribution in [2.75, 3.05) is 27.7 Å². The molecule has 2 aliphatic heterocycles. The van der Waals surface area contributed by atoms with E-state index in [2.05, 4.69) is 11.8 Å². The van der Waals surface area contributed by atoms with Gasteiger partial charge in [-0.2, -0.15) is 0 Å². The lowest BCUT2D eigenvalue weighted by Gasteiger charge is -2.48. The van der Waals surface area contributed by atoms with E-state index in [1.807, 2.05) is 41.8 Å². The molecule has 0 bridgehead atoms. The van der Waals surface area contributed by atoms with Gasteiger partial charge in [0.1, 0.15) is 5.76 Å². The molecular weight excluding hydrogens is 468 g/mol. The maximum Gasteiger partial charge on any atom is 0.340 e. The second kappa shape index (κ2) is 11.8. The molecule has 0 spiro atoms. The van der Waals surface area contributed by atoms with E-state index < -0.39 is 35.7 Å². The summed E-state index contributed by atoms with van der Waals surface area (Å²) in [7, 11) is 5.68. The first-order valence-electron chi connectivity index (χ1n) is 12.8. The molecule has 1 saturated heterocycles. The van der Waals surface area contributed by atoms with Gasteiger partial charge in [-0.3, -0.25) is 10.1 Å². The largest absolute Gasteiger partial charge is 0.456 e. The van der Waals surface area contributed by atoms with Gasteiger partial charge >= 0.3 is 5.97 Å². The monoisotopic (exact) mass is 514 g/mol. The summed E-state index contributed by atoms with van der Waals surface area (Å²) in [5, 5.41) is 11.2. The van der Waals surface area contributed by atoms with Crippen LogP contribution in [0.5, 0.6) is 0 Å². The van der Waals surface area contributed by atoms with E-state index in [0.29, 0.717) is 17.8 Å². The fraction of sp³-hybridized carbons (Fsp3) is 0.885. The third-order valence-corrected chi connectivity index (χ3v) is 7.44. The molecule has 0 aromatic carbocycles. The van der Waals surface area contributed by atoms with E-state index in [-0.39, 0.29) is 35.4 Å². The number of hydrogen-bond acceptors (Lipinski definition) is 9. The lowest BCUT2D eigenvalue weighted by Crippen LogP contribution is -2.56. The number of ether oxygens (including phenoxy) is 5. The standard InChI is InChI=1S/C26H46N2O8/c1-15(14-28(30)31)13-26(8,32-11)22(18(4)21-19(5)23(29)36-25(6,7)35-21)34-24-17(3)20(27(9)10)12-16(2)33-24/h15-18,20,22,24H,12-14H2,1-11H3/t15-,16?,17?,18-,20?,22-,24+,26-/m1/s1. The van der Waals surface area contributed by atoms with Gasteiger partial charge < -0.3 is 28.6 Å². The molecule has 0 aliphatic carbocycles. The molecule has 0 amide bonds. The number of esters is 1. The number of methoxy groups -OCH3 is 1. The van der Waals surface area contributed by atoms with Gasteiger partial charge in [0.05, 0.1) is 23.4 Å². The number of cyclic esters (lactones) is 1. The van der Waals surface area contributed by atoms with Gasteiger partial charge in [-0.25, -0.2) is 4.79 Å². The summed E-state index contributed by atoms with van der Waals surface area (Å²) >= 11 is 0. The summed E-state index contributed by atoms with van der Waals surface area (Å²) in [5.41, 5.74) is -0.571. The van der Waals surface area contributed by atoms with E-state index in [4.69, 9.17) is 23.7 Å². The van der Waals surface area contributed by atoms with Gasteiger partial charge in [0.15, 0.2) is 6.29 Å². The van der Waals surface area contributed by atoms with Crippen LogP contribution in [0.3, 0.4) is 0 Å². The highest BCUT2D eigenvalue weighted by atomic mass is 16.7. The Morgan fingerprint density at radius 1 is 1.25 bits per heavy atom. The second-order valence-electron chi connectivity index (χ2n) is 11.5. The van der Waals surface area contributed by atoms with Crippen molar-refractivity contribution in [2.24, 2.45) is 17.8 Å². The predicted octanol–water partition coefficient (Wildman–Crippen LogP) is 4.00. The quantitative estimate of drug-likeness (QED) is 0.229. The van der Waals surface area contributed by atoms with Gasteiger partial charge in [-0.05, 0) is 47.7 Å². The molecule has 0 N–H and O–H groups in total. The van der Waals surface area contributed by atoms with E-state index in [0.717, 1.165) is 6.42 Å². The number of carbonyl (C=O) groups excluding carboxylic acids is 1. The van der Waals surface area contributed by atoms with Crippen LogP contribution in [-0.2, 0) is 28.5 Å². The Bertz CT molecular complexity index is 829. The first kappa shape index (κ1) is 30.5. The average Bonchev–Trinajstić information content (AvgIpc) is 2.74. The molecule has 208 valence electrons. The Kier molecular flexibility index (Phi) is 9.95. The molecular formula is C26H46N2O8. The molecule has 3 unspecified atom stereocenters. The Balaban J connectivity index is 2.51. The fourth-order valence-electron chi connectivity index (χ4n) is 5.58.